The van der Waals surface area contributed by atoms with Gasteiger partial charge in [0, 0.05) is 26.1 Å². The Hall–Kier alpha value is -0.440. The Labute approximate surface area is 77.5 Å². The summed E-state index contributed by atoms with van der Waals surface area (Å²) in [6, 6.07) is 0. The van der Waals surface area contributed by atoms with Crippen molar-refractivity contribution in [2.45, 2.75) is 38.3 Å². The van der Waals surface area contributed by atoms with Crippen molar-refractivity contribution in [2.75, 3.05) is 13.2 Å². The normalized spacial score (nSPS) is 29.7. The maximum atomic E-state index is 14.4. The van der Waals surface area contributed by atoms with Gasteiger partial charge in [-0.3, -0.25) is 4.79 Å². The quantitative estimate of drug-likeness (QED) is 0.658. The van der Waals surface area contributed by atoms with Crippen molar-refractivity contribution in [2.24, 2.45) is 5.41 Å². The minimum absolute atomic E-state index is 0.0249. The Kier molecular flexibility index (Phi) is 1.95. The third-order valence-corrected chi connectivity index (χ3v) is 3.57. The zero-order valence-electron chi connectivity index (χ0n) is 7.94. The molecule has 0 amide bonds. The number of ketones is 1. The molecular formula is C10H15FO2. The van der Waals surface area contributed by atoms with Gasteiger partial charge in [0.05, 0.1) is 5.41 Å². The van der Waals surface area contributed by atoms with Crippen molar-refractivity contribution in [3.8, 4) is 0 Å². The molecule has 2 nitrogen and oxygen atoms in total. The van der Waals surface area contributed by atoms with Crippen LogP contribution in [0.3, 0.4) is 0 Å². The van der Waals surface area contributed by atoms with Crippen LogP contribution in [0.1, 0.15) is 32.6 Å². The fourth-order valence-electron chi connectivity index (χ4n) is 2.41. The van der Waals surface area contributed by atoms with Gasteiger partial charge in [0.1, 0.15) is 11.5 Å². The van der Waals surface area contributed by atoms with Crippen LogP contribution in [0.15, 0.2) is 0 Å². The third-order valence-electron chi connectivity index (χ3n) is 3.57. The minimum atomic E-state index is -1.27. The molecular weight excluding hydrogens is 171 g/mol. The first-order valence-electron chi connectivity index (χ1n) is 4.88. The van der Waals surface area contributed by atoms with Crippen LogP contribution in [0.4, 0.5) is 4.39 Å². The molecule has 0 spiro atoms. The molecule has 13 heavy (non-hydrogen) atoms. The first-order chi connectivity index (χ1) is 6.11. The molecule has 1 aliphatic heterocycles. The molecule has 2 rings (SSSR count). The van der Waals surface area contributed by atoms with Gasteiger partial charge in [0.2, 0.25) is 0 Å². The molecule has 1 aliphatic carbocycles. The summed E-state index contributed by atoms with van der Waals surface area (Å²) in [5, 5.41) is 0. The molecule has 1 saturated carbocycles. The fourth-order valence-corrected chi connectivity index (χ4v) is 2.41. The fraction of sp³-hybridized carbons (Fsp3) is 0.900. The highest BCUT2D eigenvalue weighted by Crippen LogP contribution is 2.59. The molecule has 0 N–H and O–H groups in total. The van der Waals surface area contributed by atoms with Crippen LogP contribution in [0.5, 0.6) is 0 Å². The van der Waals surface area contributed by atoms with Gasteiger partial charge in [0.25, 0.3) is 0 Å². The van der Waals surface area contributed by atoms with Gasteiger partial charge < -0.3 is 4.74 Å². The lowest BCUT2D eigenvalue weighted by atomic mass is 9.77. The smallest absolute Gasteiger partial charge is 0.139 e. The summed E-state index contributed by atoms with van der Waals surface area (Å²) in [6.07, 6.45) is 2.26. The van der Waals surface area contributed by atoms with Crippen LogP contribution < -0.4 is 0 Å². The SMILES string of the molecule is CC(=O)C1(C2(F)CCOCC2)CC1. The molecule has 0 aromatic carbocycles. The van der Waals surface area contributed by atoms with Gasteiger partial charge in [-0.05, 0) is 19.8 Å². The zero-order valence-corrected chi connectivity index (χ0v) is 7.94. The van der Waals surface area contributed by atoms with E-state index in [0.717, 1.165) is 12.8 Å². The molecule has 0 aromatic heterocycles. The monoisotopic (exact) mass is 186 g/mol. The summed E-state index contributed by atoms with van der Waals surface area (Å²) in [5.74, 6) is 0.0249. The van der Waals surface area contributed by atoms with Crippen LogP contribution in [0, 0.1) is 5.41 Å². The molecule has 3 heteroatoms. The second kappa shape index (κ2) is 2.77. The predicted molar refractivity (Wildman–Crippen MR) is 46.2 cm³/mol. The standard InChI is InChI=1S/C10H15FO2/c1-8(12)9(2-3-9)10(11)4-6-13-7-5-10/h2-7H2,1H3. The van der Waals surface area contributed by atoms with E-state index in [2.05, 4.69) is 0 Å². The number of carbonyl (C=O) groups is 1. The molecule has 2 fully saturated rings. The van der Waals surface area contributed by atoms with Crippen molar-refractivity contribution >= 4 is 5.78 Å². The second-order valence-electron chi connectivity index (χ2n) is 4.22. The van der Waals surface area contributed by atoms with Gasteiger partial charge >= 0.3 is 0 Å². The number of Topliss-reactive ketones (excluding diaryl/α,β-unsaturated/α-hetero) is 1. The van der Waals surface area contributed by atoms with Crippen molar-refractivity contribution in [3.05, 3.63) is 0 Å². The maximum Gasteiger partial charge on any atom is 0.139 e. The number of carbonyl (C=O) groups excluding carboxylic acids is 1. The highest BCUT2D eigenvalue weighted by molar-refractivity contribution is 5.86. The molecule has 0 aromatic rings. The van der Waals surface area contributed by atoms with E-state index in [1.54, 1.807) is 0 Å². The second-order valence-corrected chi connectivity index (χ2v) is 4.22. The lowest BCUT2D eigenvalue weighted by molar-refractivity contribution is -0.133. The number of rotatable bonds is 2. The van der Waals surface area contributed by atoms with E-state index in [1.165, 1.54) is 6.92 Å². The van der Waals surface area contributed by atoms with Gasteiger partial charge in [-0.15, -0.1) is 0 Å². The lowest BCUT2D eigenvalue weighted by Crippen LogP contribution is -2.44. The van der Waals surface area contributed by atoms with E-state index in [1.807, 2.05) is 0 Å². The molecule has 74 valence electrons. The molecule has 2 aliphatic rings. The number of hydrogen-bond donors (Lipinski definition) is 0. The molecule has 0 unspecified atom stereocenters. The lowest BCUT2D eigenvalue weighted by Gasteiger charge is -2.35. The predicted octanol–water partition coefficient (Wildman–Crippen LogP) is 1.87. The first kappa shape index (κ1) is 9.13. The topological polar surface area (TPSA) is 26.3 Å². The summed E-state index contributed by atoms with van der Waals surface area (Å²) in [5.41, 5.74) is -1.89. The molecule has 1 saturated heterocycles. The number of hydrogen-bond acceptors (Lipinski definition) is 2. The van der Waals surface area contributed by atoms with E-state index in [-0.39, 0.29) is 5.78 Å². The average Bonchev–Trinajstić information content (AvgIpc) is 2.85. The first-order valence-corrected chi connectivity index (χ1v) is 4.88. The van der Waals surface area contributed by atoms with Crippen LogP contribution in [0.25, 0.3) is 0 Å². The number of ether oxygens (including phenoxy) is 1. The Bertz CT molecular complexity index is 227. The van der Waals surface area contributed by atoms with E-state index in [4.69, 9.17) is 4.74 Å². The maximum absolute atomic E-state index is 14.4. The van der Waals surface area contributed by atoms with Gasteiger partial charge in [-0.2, -0.15) is 0 Å². The Balaban J connectivity index is 2.17. The van der Waals surface area contributed by atoms with Crippen LogP contribution in [-0.2, 0) is 9.53 Å². The van der Waals surface area contributed by atoms with Crippen molar-refractivity contribution in [1.29, 1.82) is 0 Å². The Morgan fingerprint density at radius 2 is 1.77 bits per heavy atom. The molecule has 0 bridgehead atoms. The number of halogens is 1. The summed E-state index contributed by atoms with van der Waals surface area (Å²) in [4.78, 5) is 11.4. The highest BCUT2D eigenvalue weighted by atomic mass is 19.1. The molecule has 0 radical (unpaired) electrons. The van der Waals surface area contributed by atoms with Crippen molar-refractivity contribution < 1.29 is 13.9 Å². The van der Waals surface area contributed by atoms with Crippen LogP contribution >= 0.6 is 0 Å². The van der Waals surface area contributed by atoms with E-state index < -0.39 is 11.1 Å². The Morgan fingerprint density at radius 1 is 1.23 bits per heavy atom. The van der Waals surface area contributed by atoms with E-state index in [0.29, 0.717) is 26.1 Å². The van der Waals surface area contributed by atoms with Gasteiger partial charge in [-0.25, -0.2) is 4.39 Å². The summed E-state index contributed by atoms with van der Waals surface area (Å²) < 4.78 is 19.5. The highest BCUT2D eigenvalue weighted by Gasteiger charge is 2.63. The largest absolute Gasteiger partial charge is 0.381 e. The number of alkyl halides is 1. The summed E-state index contributed by atoms with van der Waals surface area (Å²) in [7, 11) is 0. The minimum Gasteiger partial charge on any atom is -0.381 e. The van der Waals surface area contributed by atoms with Crippen molar-refractivity contribution in [3.63, 3.8) is 0 Å². The summed E-state index contributed by atoms with van der Waals surface area (Å²) in [6.45, 7) is 2.45. The van der Waals surface area contributed by atoms with E-state index in [9.17, 15) is 9.18 Å². The van der Waals surface area contributed by atoms with Gasteiger partial charge in [0.15, 0.2) is 0 Å². The summed E-state index contributed by atoms with van der Waals surface area (Å²) >= 11 is 0. The van der Waals surface area contributed by atoms with E-state index >= 15 is 0 Å². The van der Waals surface area contributed by atoms with Gasteiger partial charge in [-0.1, -0.05) is 0 Å². The molecule has 1 heterocycles. The van der Waals surface area contributed by atoms with Crippen molar-refractivity contribution in [1.82, 2.24) is 0 Å². The van der Waals surface area contributed by atoms with Crippen LogP contribution in [0.2, 0.25) is 0 Å². The molecule has 0 atom stereocenters. The zero-order chi connectivity index (χ0) is 9.53. The third kappa shape index (κ3) is 1.21. The Morgan fingerprint density at radius 3 is 2.15 bits per heavy atom. The average molecular weight is 186 g/mol. The van der Waals surface area contributed by atoms with Crippen LogP contribution in [-0.4, -0.2) is 24.7 Å².